The van der Waals surface area contributed by atoms with Crippen LogP contribution in [-0.2, 0) is 14.9 Å². The molecule has 1 heterocycles. The molecule has 1 fully saturated rings. The van der Waals surface area contributed by atoms with E-state index in [-0.39, 0.29) is 5.91 Å². The second-order valence-electron chi connectivity index (χ2n) is 6.09. The molecule has 1 amide bonds. The van der Waals surface area contributed by atoms with Gasteiger partial charge in [0, 0.05) is 23.9 Å². The molecule has 1 saturated heterocycles. The smallest absolute Gasteiger partial charge is 0.235 e. The van der Waals surface area contributed by atoms with Crippen LogP contribution in [0.4, 0.5) is 11.4 Å². The van der Waals surface area contributed by atoms with Crippen molar-refractivity contribution in [1.82, 2.24) is 0 Å². The number of nitrogen functional groups attached to an aromatic ring is 1. The molecule has 3 N–H and O–H groups in total. The molecule has 0 aromatic heterocycles. The predicted molar refractivity (Wildman–Crippen MR) is 99.2 cm³/mol. The van der Waals surface area contributed by atoms with E-state index in [0.29, 0.717) is 48.2 Å². The topological polar surface area (TPSA) is 73.6 Å². The van der Waals surface area contributed by atoms with E-state index < -0.39 is 5.41 Å². The van der Waals surface area contributed by atoms with Crippen LogP contribution in [0, 0.1) is 0 Å². The van der Waals surface area contributed by atoms with Gasteiger partial charge in [-0.15, -0.1) is 0 Å². The van der Waals surface area contributed by atoms with Gasteiger partial charge in [-0.2, -0.15) is 0 Å². The summed E-state index contributed by atoms with van der Waals surface area (Å²) in [4.78, 5) is 13.2. The molecule has 1 aliphatic heterocycles. The molecule has 6 heteroatoms. The monoisotopic (exact) mass is 360 g/mol. The van der Waals surface area contributed by atoms with Crippen LogP contribution in [0.1, 0.15) is 18.4 Å². The molecule has 0 saturated carbocycles. The number of halogens is 1. The first-order chi connectivity index (χ1) is 12.1. The maximum atomic E-state index is 13.2. The summed E-state index contributed by atoms with van der Waals surface area (Å²) < 4.78 is 10.6. The predicted octanol–water partition coefficient (Wildman–Crippen LogP) is 3.62. The summed E-state index contributed by atoms with van der Waals surface area (Å²) in [5.41, 5.74) is 7.15. The summed E-state index contributed by atoms with van der Waals surface area (Å²) in [5.74, 6) is 0.471. The van der Waals surface area contributed by atoms with Gasteiger partial charge in [0.1, 0.15) is 5.75 Å². The normalized spacial score (nSPS) is 16.2. The Morgan fingerprint density at radius 1 is 1.24 bits per heavy atom. The fourth-order valence-corrected chi connectivity index (χ4v) is 3.57. The lowest BCUT2D eigenvalue weighted by Gasteiger charge is -2.36. The summed E-state index contributed by atoms with van der Waals surface area (Å²) in [5, 5.41) is 3.57. The highest BCUT2D eigenvalue weighted by atomic mass is 35.5. The van der Waals surface area contributed by atoms with E-state index in [9.17, 15) is 4.79 Å². The van der Waals surface area contributed by atoms with Crippen LogP contribution in [0.25, 0.3) is 0 Å². The molecule has 0 spiro atoms. The molecular weight excluding hydrogens is 340 g/mol. The highest BCUT2D eigenvalue weighted by Gasteiger charge is 2.43. The number of ether oxygens (including phenoxy) is 2. The first kappa shape index (κ1) is 17.6. The van der Waals surface area contributed by atoms with Crippen molar-refractivity contribution in [3.05, 3.63) is 53.1 Å². The first-order valence-corrected chi connectivity index (χ1v) is 8.52. The largest absolute Gasteiger partial charge is 0.495 e. The van der Waals surface area contributed by atoms with Gasteiger partial charge in [-0.3, -0.25) is 4.79 Å². The molecule has 25 heavy (non-hydrogen) atoms. The Morgan fingerprint density at radius 2 is 1.96 bits per heavy atom. The van der Waals surface area contributed by atoms with Gasteiger partial charge in [0.25, 0.3) is 0 Å². The number of methoxy groups -OCH3 is 1. The number of hydrogen-bond acceptors (Lipinski definition) is 4. The standard InChI is InChI=1S/C19H21ClN2O3/c1-24-17-7-6-13(12-16(17)21)22-18(23)19(8-10-25-11-9-19)14-4-2-3-5-15(14)20/h2-7,12H,8-11,21H2,1H3,(H,22,23). The molecular formula is C19H21ClN2O3. The molecule has 0 bridgehead atoms. The third kappa shape index (κ3) is 3.43. The van der Waals surface area contributed by atoms with E-state index >= 15 is 0 Å². The van der Waals surface area contributed by atoms with Crippen LogP contribution in [0.3, 0.4) is 0 Å². The van der Waals surface area contributed by atoms with Crippen molar-refractivity contribution in [2.24, 2.45) is 0 Å². The minimum Gasteiger partial charge on any atom is -0.495 e. The lowest BCUT2D eigenvalue weighted by Crippen LogP contribution is -2.45. The lowest BCUT2D eigenvalue weighted by atomic mass is 9.73. The molecule has 0 radical (unpaired) electrons. The third-order valence-corrected chi connectivity index (χ3v) is 4.99. The van der Waals surface area contributed by atoms with Crippen molar-refractivity contribution >= 4 is 28.9 Å². The average molecular weight is 361 g/mol. The molecule has 0 unspecified atom stereocenters. The highest BCUT2D eigenvalue weighted by molar-refractivity contribution is 6.31. The molecule has 132 valence electrons. The van der Waals surface area contributed by atoms with Crippen LogP contribution in [0.15, 0.2) is 42.5 Å². The fraction of sp³-hybridized carbons (Fsp3) is 0.316. The van der Waals surface area contributed by atoms with E-state index in [0.717, 1.165) is 5.56 Å². The maximum Gasteiger partial charge on any atom is 0.235 e. The zero-order chi connectivity index (χ0) is 17.9. The number of nitrogens with one attached hydrogen (secondary N) is 1. The van der Waals surface area contributed by atoms with E-state index in [1.807, 2.05) is 24.3 Å². The van der Waals surface area contributed by atoms with E-state index in [1.165, 1.54) is 0 Å². The van der Waals surface area contributed by atoms with Gasteiger partial charge in [-0.05, 0) is 42.7 Å². The highest BCUT2D eigenvalue weighted by Crippen LogP contribution is 2.40. The number of hydrogen-bond donors (Lipinski definition) is 2. The van der Waals surface area contributed by atoms with Crippen LogP contribution in [-0.4, -0.2) is 26.2 Å². The number of anilines is 2. The van der Waals surface area contributed by atoms with Crippen LogP contribution in [0.5, 0.6) is 5.75 Å². The number of amides is 1. The first-order valence-electron chi connectivity index (χ1n) is 8.14. The van der Waals surface area contributed by atoms with Crippen molar-refractivity contribution < 1.29 is 14.3 Å². The van der Waals surface area contributed by atoms with Crippen LogP contribution >= 0.6 is 11.6 Å². The summed E-state index contributed by atoms with van der Waals surface area (Å²) >= 11 is 6.40. The summed E-state index contributed by atoms with van der Waals surface area (Å²) in [6.45, 7) is 1.03. The summed E-state index contributed by atoms with van der Waals surface area (Å²) in [6.07, 6.45) is 1.16. The van der Waals surface area contributed by atoms with Gasteiger partial charge in [-0.25, -0.2) is 0 Å². The van der Waals surface area contributed by atoms with Crippen molar-refractivity contribution in [1.29, 1.82) is 0 Å². The van der Waals surface area contributed by atoms with E-state index in [2.05, 4.69) is 5.32 Å². The number of carbonyl (C=O) groups is 1. The zero-order valence-electron chi connectivity index (χ0n) is 14.0. The number of benzene rings is 2. The van der Waals surface area contributed by atoms with Crippen LogP contribution in [0.2, 0.25) is 5.02 Å². The molecule has 2 aromatic carbocycles. The minimum atomic E-state index is -0.717. The van der Waals surface area contributed by atoms with Gasteiger partial charge in [0.2, 0.25) is 5.91 Å². The lowest BCUT2D eigenvalue weighted by molar-refractivity contribution is -0.125. The fourth-order valence-electron chi connectivity index (χ4n) is 3.25. The van der Waals surface area contributed by atoms with Crippen molar-refractivity contribution in [3.63, 3.8) is 0 Å². The molecule has 3 rings (SSSR count). The Balaban J connectivity index is 1.93. The van der Waals surface area contributed by atoms with Gasteiger partial charge < -0.3 is 20.5 Å². The summed E-state index contributed by atoms with van der Waals surface area (Å²) in [6, 6.07) is 12.7. The molecule has 2 aromatic rings. The van der Waals surface area contributed by atoms with Crippen molar-refractivity contribution in [3.8, 4) is 5.75 Å². The SMILES string of the molecule is COc1ccc(NC(=O)C2(c3ccccc3Cl)CCOCC2)cc1N. The minimum absolute atomic E-state index is 0.103. The maximum absolute atomic E-state index is 13.2. The van der Waals surface area contributed by atoms with Gasteiger partial charge in [0.05, 0.1) is 18.2 Å². The van der Waals surface area contributed by atoms with Crippen LogP contribution < -0.4 is 15.8 Å². The zero-order valence-corrected chi connectivity index (χ0v) is 14.8. The van der Waals surface area contributed by atoms with E-state index in [1.54, 1.807) is 25.3 Å². The molecule has 0 aliphatic carbocycles. The second-order valence-corrected chi connectivity index (χ2v) is 6.49. The summed E-state index contributed by atoms with van der Waals surface area (Å²) in [7, 11) is 1.55. The molecule has 5 nitrogen and oxygen atoms in total. The second kappa shape index (κ2) is 7.33. The van der Waals surface area contributed by atoms with Crippen molar-refractivity contribution in [2.45, 2.75) is 18.3 Å². The quantitative estimate of drug-likeness (QED) is 0.817. The number of carbonyl (C=O) groups excluding carboxylic acids is 1. The molecule has 0 atom stereocenters. The average Bonchev–Trinajstić information content (AvgIpc) is 2.63. The van der Waals surface area contributed by atoms with Gasteiger partial charge in [-0.1, -0.05) is 29.8 Å². The Bertz CT molecular complexity index is 773. The molecule has 1 aliphatic rings. The van der Waals surface area contributed by atoms with E-state index in [4.69, 9.17) is 26.8 Å². The Morgan fingerprint density at radius 3 is 2.60 bits per heavy atom. The van der Waals surface area contributed by atoms with Gasteiger partial charge in [0.15, 0.2) is 0 Å². The Kier molecular flexibility index (Phi) is 5.16. The van der Waals surface area contributed by atoms with Gasteiger partial charge >= 0.3 is 0 Å². The van der Waals surface area contributed by atoms with Crippen molar-refractivity contribution in [2.75, 3.05) is 31.4 Å². The Labute approximate surface area is 152 Å². The number of nitrogens with two attached hydrogens (primary N) is 1. The number of rotatable bonds is 4. The Hall–Kier alpha value is -2.24. The third-order valence-electron chi connectivity index (χ3n) is 4.66.